The van der Waals surface area contributed by atoms with Gasteiger partial charge in [0, 0.05) is 44.9 Å². The third-order valence-electron chi connectivity index (χ3n) is 5.19. The lowest BCUT2D eigenvalue weighted by Gasteiger charge is -2.11. The van der Waals surface area contributed by atoms with E-state index in [0.717, 1.165) is 38.0 Å². The summed E-state index contributed by atoms with van der Waals surface area (Å²) in [6, 6.07) is 16.0. The van der Waals surface area contributed by atoms with Crippen molar-refractivity contribution in [3.05, 3.63) is 64.6 Å². The summed E-state index contributed by atoms with van der Waals surface area (Å²) in [6.45, 7) is 4.01. The summed E-state index contributed by atoms with van der Waals surface area (Å²) in [5.41, 5.74) is 5.20. The van der Waals surface area contributed by atoms with Gasteiger partial charge in [-0.15, -0.1) is 4.68 Å². The molecule has 0 bridgehead atoms. The molecule has 188 valence electrons. The van der Waals surface area contributed by atoms with Gasteiger partial charge < -0.3 is 9.80 Å². The molecule has 0 aliphatic rings. The second kappa shape index (κ2) is 12.4. The van der Waals surface area contributed by atoms with E-state index in [9.17, 15) is 0 Å². The minimum atomic E-state index is 0.796. The predicted octanol–water partition coefficient (Wildman–Crippen LogP) is 6.12. The molecular formula is C25H33N9S2+2. The topological polar surface area (TPSA) is 76.6 Å². The fraction of sp³-hybridized carbons (Fsp3) is 0.320. The van der Waals surface area contributed by atoms with Crippen LogP contribution >= 0.6 is 22.7 Å². The number of aryl methyl sites for hydroxylation is 3. The van der Waals surface area contributed by atoms with Gasteiger partial charge in [-0.3, -0.25) is 0 Å². The average molecular weight is 524 g/mol. The van der Waals surface area contributed by atoms with Gasteiger partial charge in [0.1, 0.15) is 29.1 Å². The van der Waals surface area contributed by atoms with E-state index in [4.69, 9.17) is 0 Å². The Kier molecular flexibility index (Phi) is 9.31. The maximum atomic E-state index is 4.26. The van der Waals surface area contributed by atoms with E-state index in [-0.39, 0.29) is 0 Å². The lowest BCUT2D eigenvalue weighted by Crippen LogP contribution is -2.29. The first kappa shape index (κ1) is 27.0. The Hall–Kier alpha value is -3.57. The highest BCUT2D eigenvalue weighted by Gasteiger charge is 2.13. The van der Waals surface area contributed by atoms with E-state index >= 15 is 0 Å². The Labute approximate surface area is 220 Å². The smallest absolute Gasteiger partial charge is 0.378 e. The van der Waals surface area contributed by atoms with Gasteiger partial charge in [-0.2, -0.15) is 0 Å². The van der Waals surface area contributed by atoms with Crippen LogP contribution in [-0.4, -0.2) is 33.3 Å². The molecule has 0 saturated carbocycles. The minimum Gasteiger partial charge on any atom is -0.378 e. The summed E-state index contributed by atoms with van der Waals surface area (Å²) in [5.74, 6) is 0. The highest BCUT2D eigenvalue weighted by molar-refractivity contribution is 7.14. The molecule has 2 heterocycles. The minimum absolute atomic E-state index is 0.796. The Morgan fingerprint density at radius 1 is 0.694 bits per heavy atom. The fourth-order valence-electron chi connectivity index (χ4n) is 2.93. The predicted molar refractivity (Wildman–Crippen MR) is 148 cm³/mol. The molecule has 2 aromatic heterocycles. The van der Waals surface area contributed by atoms with E-state index in [0.29, 0.717) is 0 Å². The molecule has 0 unspecified atom stereocenters. The highest BCUT2D eigenvalue weighted by Crippen LogP contribution is 2.23. The van der Waals surface area contributed by atoms with Crippen molar-refractivity contribution in [3.63, 3.8) is 0 Å². The highest BCUT2D eigenvalue weighted by atomic mass is 32.1. The van der Waals surface area contributed by atoms with Crippen molar-refractivity contribution in [1.29, 1.82) is 0 Å². The largest absolute Gasteiger partial charge is 0.430 e. The molecule has 0 aliphatic heterocycles. The Balaban J connectivity index is 0.000000201. The number of thiazole rings is 1. The van der Waals surface area contributed by atoms with E-state index < -0.39 is 0 Å². The fourth-order valence-corrected chi connectivity index (χ4v) is 4.44. The van der Waals surface area contributed by atoms with Gasteiger partial charge in [-0.1, -0.05) is 5.10 Å². The molecule has 4 aromatic rings. The molecule has 0 radical (unpaired) electrons. The van der Waals surface area contributed by atoms with Crippen LogP contribution in [0.4, 0.5) is 33.0 Å². The van der Waals surface area contributed by atoms with Crippen LogP contribution in [0, 0.1) is 13.8 Å². The van der Waals surface area contributed by atoms with Gasteiger partial charge in [0.15, 0.2) is 0 Å². The monoisotopic (exact) mass is 523 g/mol. The number of azo groups is 2. The molecular weight excluding hydrogens is 490 g/mol. The van der Waals surface area contributed by atoms with Gasteiger partial charge in [0.2, 0.25) is 0 Å². The molecule has 0 N–H and O–H groups in total. The van der Waals surface area contributed by atoms with Crippen molar-refractivity contribution in [3.8, 4) is 0 Å². The SMILES string of the molecule is Cc1csc(N=Nc2ccc(N(C)C)cc2)[n+]1C.Cc1n[n+](C)c(N=Nc2ccc(N(C)C)cc2)s1. The van der Waals surface area contributed by atoms with Crippen molar-refractivity contribution < 1.29 is 9.25 Å². The molecule has 0 aliphatic carbocycles. The zero-order valence-corrected chi connectivity index (χ0v) is 23.7. The summed E-state index contributed by atoms with van der Waals surface area (Å²) in [6.07, 6.45) is 0. The molecule has 0 amide bonds. The van der Waals surface area contributed by atoms with Crippen LogP contribution in [0.15, 0.2) is 74.4 Å². The Bertz CT molecular complexity index is 1260. The van der Waals surface area contributed by atoms with Crippen LogP contribution in [0.5, 0.6) is 0 Å². The third-order valence-corrected chi connectivity index (χ3v) is 7.12. The molecule has 0 fully saturated rings. The molecule has 9 nitrogen and oxygen atoms in total. The van der Waals surface area contributed by atoms with Crippen LogP contribution in [0.3, 0.4) is 0 Å². The molecule has 11 heteroatoms. The second-order valence-corrected chi connectivity index (χ2v) is 10.5. The standard InChI is InChI=1S/C13H17N4S.C12H16N5S/c1-10-9-18-13(17(10)4)15-14-11-5-7-12(8-6-11)16(2)3;1-9-15-17(4)12(18-9)14-13-10-5-7-11(8-6-10)16(2)3/h5-9H,1-4H3;5-8H,1-4H3/q2*+1. The summed E-state index contributed by atoms with van der Waals surface area (Å²) in [7, 11) is 11.9. The molecule has 0 atom stereocenters. The van der Waals surface area contributed by atoms with Gasteiger partial charge >= 0.3 is 10.3 Å². The lowest BCUT2D eigenvalue weighted by molar-refractivity contribution is -0.714. The van der Waals surface area contributed by atoms with E-state index in [1.807, 2.05) is 107 Å². The number of nitrogens with zero attached hydrogens (tertiary/aromatic N) is 9. The van der Waals surface area contributed by atoms with Crippen LogP contribution in [0.1, 0.15) is 10.7 Å². The van der Waals surface area contributed by atoms with Crippen LogP contribution in [-0.2, 0) is 14.1 Å². The summed E-state index contributed by atoms with van der Waals surface area (Å²) in [5, 5.41) is 25.9. The zero-order chi connectivity index (χ0) is 26.2. The first-order chi connectivity index (χ1) is 17.1. The number of hydrogen-bond donors (Lipinski definition) is 0. The maximum absolute atomic E-state index is 4.26. The number of benzene rings is 2. The lowest BCUT2D eigenvalue weighted by atomic mass is 10.3. The zero-order valence-electron chi connectivity index (χ0n) is 22.0. The maximum Gasteiger partial charge on any atom is 0.430 e. The van der Waals surface area contributed by atoms with Crippen molar-refractivity contribution >= 4 is 55.7 Å². The second-order valence-electron chi connectivity index (χ2n) is 8.47. The van der Waals surface area contributed by atoms with Gasteiger partial charge in [0.05, 0.1) is 17.3 Å². The van der Waals surface area contributed by atoms with Crippen molar-refractivity contribution in [2.75, 3.05) is 38.0 Å². The van der Waals surface area contributed by atoms with E-state index in [1.54, 1.807) is 16.0 Å². The first-order valence-corrected chi connectivity index (χ1v) is 13.0. The van der Waals surface area contributed by atoms with Crippen LogP contribution in [0.2, 0.25) is 0 Å². The first-order valence-electron chi connectivity index (χ1n) is 11.3. The van der Waals surface area contributed by atoms with Crippen molar-refractivity contribution in [2.24, 2.45) is 34.6 Å². The number of rotatable bonds is 6. The van der Waals surface area contributed by atoms with Crippen LogP contribution in [0.25, 0.3) is 0 Å². The third kappa shape index (κ3) is 7.46. The van der Waals surface area contributed by atoms with E-state index in [2.05, 4.69) is 42.8 Å². The summed E-state index contributed by atoms with van der Waals surface area (Å²) < 4.78 is 3.76. The van der Waals surface area contributed by atoms with Crippen LogP contribution < -0.4 is 19.0 Å². The summed E-state index contributed by atoms with van der Waals surface area (Å²) in [4.78, 5) is 4.11. The van der Waals surface area contributed by atoms with E-state index in [1.165, 1.54) is 17.0 Å². The number of hydrogen-bond acceptors (Lipinski definition) is 9. The summed E-state index contributed by atoms with van der Waals surface area (Å²) >= 11 is 3.12. The van der Waals surface area contributed by atoms with Gasteiger partial charge in [0.25, 0.3) is 0 Å². The van der Waals surface area contributed by atoms with Crippen molar-refractivity contribution in [2.45, 2.75) is 13.8 Å². The molecule has 2 aromatic carbocycles. The molecule has 36 heavy (non-hydrogen) atoms. The molecule has 0 saturated heterocycles. The Morgan fingerprint density at radius 2 is 1.17 bits per heavy atom. The number of anilines is 2. The normalized spacial score (nSPS) is 11.1. The molecule has 0 spiro atoms. The quantitative estimate of drug-likeness (QED) is 0.226. The van der Waals surface area contributed by atoms with Crippen molar-refractivity contribution in [1.82, 2.24) is 5.10 Å². The van der Waals surface area contributed by atoms with Gasteiger partial charge in [-0.05, 0) is 95.3 Å². The number of aromatic nitrogens is 3. The Morgan fingerprint density at radius 3 is 1.53 bits per heavy atom. The average Bonchev–Trinajstić information content (AvgIpc) is 3.36. The molecule has 4 rings (SSSR count). The van der Waals surface area contributed by atoms with Gasteiger partial charge in [-0.25, -0.2) is 4.57 Å².